The quantitative estimate of drug-likeness (QED) is 0.501. The van der Waals surface area contributed by atoms with Gasteiger partial charge in [0.2, 0.25) is 5.91 Å². The van der Waals surface area contributed by atoms with Crippen molar-refractivity contribution in [2.24, 2.45) is 40.4 Å². The molecule has 31 heavy (non-hydrogen) atoms. The van der Waals surface area contributed by atoms with Gasteiger partial charge in [-0.3, -0.25) is 19.2 Å². The first-order valence-electron chi connectivity index (χ1n) is 11.2. The molecule has 6 rings (SSSR count). The molecule has 0 aromatic rings. The molecule has 0 aromatic heterocycles. The van der Waals surface area contributed by atoms with Crippen molar-refractivity contribution in [2.45, 2.75) is 43.9 Å². The van der Waals surface area contributed by atoms with Gasteiger partial charge in [0.25, 0.3) is 0 Å². The van der Waals surface area contributed by atoms with Gasteiger partial charge in [-0.05, 0) is 31.8 Å². The molecule has 1 amide bonds. The molecule has 166 valence electrons. The van der Waals surface area contributed by atoms with Gasteiger partial charge in [-0.2, -0.15) is 0 Å². The third kappa shape index (κ3) is 1.71. The molecule has 5 aliphatic carbocycles. The average molecular weight is 429 g/mol. The average Bonchev–Trinajstić information content (AvgIpc) is 3.24. The molecule has 1 spiro atoms. The van der Waals surface area contributed by atoms with Crippen LogP contribution in [0.3, 0.4) is 0 Å². The number of nitrogens with zero attached hydrogens (tertiary/aromatic N) is 1. The van der Waals surface area contributed by atoms with Gasteiger partial charge in [0, 0.05) is 43.7 Å². The lowest BCUT2D eigenvalue weighted by atomic mass is 9.45. The van der Waals surface area contributed by atoms with Crippen LogP contribution in [0.5, 0.6) is 0 Å². The van der Waals surface area contributed by atoms with Crippen LogP contribution in [-0.4, -0.2) is 72.0 Å². The van der Waals surface area contributed by atoms with Gasteiger partial charge >= 0.3 is 5.97 Å². The first kappa shape index (κ1) is 19.6. The summed E-state index contributed by atoms with van der Waals surface area (Å²) in [6.07, 6.45) is 3.17. The second-order valence-electron chi connectivity index (χ2n) is 10.2. The number of rotatable bonds is 3. The van der Waals surface area contributed by atoms with Crippen LogP contribution in [0.1, 0.15) is 26.2 Å². The number of fused-ring (bicyclic) bond motifs is 2. The maximum Gasteiger partial charge on any atom is 0.325 e. The number of esters is 1. The Labute approximate surface area is 179 Å². The van der Waals surface area contributed by atoms with E-state index >= 15 is 0 Å². The van der Waals surface area contributed by atoms with E-state index in [4.69, 9.17) is 9.47 Å². The predicted octanol–water partition coefficient (Wildman–Crippen LogP) is 0.123. The minimum Gasteiger partial charge on any atom is -0.468 e. The first-order chi connectivity index (χ1) is 14.7. The zero-order valence-electron chi connectivity index (χ0n) is 17.9. The number of likely N-dealkylation sites (tertiary alicyclic amines) is 1. The Kier molecular flexibility index (Phi) is 3.57. The standard InChI is InChI=1S/C23H27NO7/c1-4-24-18-12-8-14-21(19(24)27,20(28)31-3)6-5-15(26)23(14,18)11-7-10-13(25)9-22(12,29)16(11)17(10)30-2/h5-6,10-12,14,16-18,29H,4,7-9H2,1-3H3/t10-,11+,12-,14?,16?,17?,18-,21?,22?,23+/m0/s1. The topological polar surface area (TPSA) is 110 Å². The molecule has 6 aliphatic rings. The number of methoxy groups -OCH3 is 2. The summed E-state index contributed by atoms with van der Waals surface area (Å²) in [6, 6.07) is -0.529. The van der Waals surface area contributed by atoms with Gasteiger partial charge < -0.3 is 19.5 Å². The van der Waals surface area contributed by atoms with E-state index in [1.54, 1.807) is 12.0 Å². The van der Waals surface area contributed by atoms with Gasteiger partial charge in [0.1, 0.15) is 5.78 Å². The van der Waals surface area contributed by atoms with Crippen LogP contribution in [0, 0.1) is 40.4 Å². The van der Waals surface area contributed by atoms with E-state index in [1.807, 2.05) is 6.92 Å². The van der Waals surface area contributed by atoms with Gasteiger partial charge in [-0.25, -0.2) is 0 Å². The van der Waals surface area contributed by atoms with E-state index in [-0.39, 0.29) is 41.6 Å². The molecule has 1 N–H and O–H groups in total. The Balaban J connectivity index is 1.67. The smallest absolute Gasteiger partial charge is 0.325 e. The summed E-state index contributed by atoms with van der Waals surface area (Å²) in [5, 5.41) is 12.1. The second-order valence-corrected chi connectivity index (χ2v) is 10.2. The Morgan fingerprint density at radius 2 is 1.97 bits per heavy atom. The summed E-state index contributed by atoms with van der Waals surface area (Å²) in [6.45, 7) is 2.14. The van der Waals surface area contributed by atoms with E-state index in [0.29, 0.717) is 19.4 Å². The number of piperidine rings is 1. The highest BCUT2D eigenvalue weighted by molar-refractivity contribution is 6.13. The fraction of sp³-hybridized carbons (Fsp3) is 0.739. The van der Waals surface area contributed by atoms with Crippen LogP contribution in [0.15, 0.2) is 12.2 Å². The summed E-state index contributed by atoms with van der Waals surface area (Å²) >= 11 is 0. The van der Waals surface area contributed by atoms with Crippen molar-refractivity contribution in [2.75, 3.05) is 20.8 Å². The van der Waals surface area contributed by atoms with Crippen LogP contribution in [-0.2, 0) is 28.7 Å². The second kappa shape index (κ2) is 5.64. The highest BCUT2D eigenvalue weighted by atomic mass is 16.5. The predicted molar refractivity (Wildman–Crippen MR) is 104 cm³/mol. The maximum absolute atomic E-state index is 13.8. The third-order valence-electron chi connectivity index (χ3n) is 9.89. The fourth-order valence-electron chi connectivity index (χ4n) is 9.16. The van der Waals surface area contributed by atoms with Crippen LogP contribution in [0.2, 0.25) is 0 Å². The van der Waals surface area contributed by atoms with Gasteiger partial charge in [-0.1, -0.05) is 6.08 Å². The number of ether oxygens (including phenoxy) is 2. The zero-order valence-corrected chi connectivity index (χ0v) is 17.9. The van der Waals surface area contributed by atoms with Crippen molar-refractivity contribution in [3.8, 4) is 0 Å². The molecular weight excluding hydrogens is 402 g/mol. The van der Waals surface area contributed by atoms with E-state index in [9.17, 15) is 24.3 Å². The van der Waals surface area contributed by atoms with Crippen molar-refractivity contribution in [1.82, 2.24) is 4.90 Å². The molecule has 8 heteroatoms. The molecule has 1 aliphatic heterocycles. The lowest BCUT2D eigenvalue weighted by molar-refractivity contribution is -0.219. The van der Waals surface area contributed by atoms with E-state index in [1.165, 1.54) is 19.3 Å². The molecule has 7 bridgehead atoms. The van der Waals surface area contributed by atoms with Crippen molar-refractivity contribution in [1.29, 1.82) is 0 Å². The van der Waals surface area contributed by atoms with Gasteiger partial charge in [0.15, 0.2) is 11.2 Å². The lowest BCUT2D eigenvalue weighted by Gasteiger charge is -2.63. The summed E-state index contributed by atoms with van der Waals surface area (Å²) in [5.74, 6) is -3.27. The minimum atomic E-state index is -1.57. The molecule has 1 saturated heterocycles. The molecule has 1 heterocycles. The number of ketones is 2. The number of carbonyl (C=O) groups is 4. The lowest BCUT2D eigenvalue weighted by Crippen LogP contribution is -2.76. The largest absolute Gasteiger partial charge is 0.468 e. The third-order valence-corrected chi connectivity index (χ3v) is 9.89. The molecule has 8 nitrogen and oxygen atoms in total. The normalized spacial score (nSPS) is 53.2. The number of carbonyl (C=O) groups excluding carboxylic acids is 4. The van der Waals surface area contributed by atoms with Crippen molar-refractivity contribution in [3.05, 3.63) is 12.2 Å². The summed E-state index contributed by atoms with van der Waals surface area (Å²) in [4.78, 5) is 55.4. The summed E-state index contributed by atoms with van der Waals surface area (Å²) in [7, 11) is 2.82. The van der Waals surface area contributed by atoms with Crippen molar-refractivity contribution in [3.63, 3.8) is 0 Å². The first-order valence-corrected chi connectivity index (χ1v) is 11.2. The van der Waals surface area contributed by atoms with Crippen LogP contribution in [0.25, 0.3) is 0 Å². The minimum absolute atomic E-state index is 0.0151. The Morgan fingerprint density at radius 1 is 1.23 bits per heavy atom. The van der Waals surface area contributed by atoms with Gasteiger partial charge in [0.05, 0.1) is 30.3 Å². The molecule has 5 fully saturated rings. The molecule has 0 radical (unpaired) electrons. The Hall–Kier alpha value is -2.06. The molecule has 0 aromatic carbocycles. The SMILES string of the molecule is CCN1C(=O)C2(C(=O)OC)C=CC(=O)[C@@]34C2C[C@@H]([C@H]13)C1(O)CC(=O)[C@@H]2C[C@@H]4C1C2OC. The van der Waals surface area contributed by atoms with Gasteiger partial charge in [-0.15, -0.1) is 0 Å². The molecule has 10 atom stereocenters. The highest BCUT2D eigenvalue weighted by Crippen LogP contribution is 2.77. The number of aliphatic hydroxyl groups is 1. The zero-order chi connectivity index (χ0) is 22.1. The number of hydrogen-bond donors (Lipinski definition) is 1. The van der Waals surface area contributed by atoms with Crippen LogP contribution >= 0.6 is 0 Å². The van der Waals surface area contributed by atoms with Crippen LogP contribution in [0.4, 0.5) is 0 Å². The highest BCUT2D eigenvalue weighted by Gasteiger charge is 2.86. The van der Waals surface area contributed by atoms with Crippen molar-refractivity contribution < 1.29 is 33.8 Å². The Morgan fingerprint density at radius 3 is 2.61 bits per heavy atom. The van der Waals surface area contributed by atoms with Crippen LogP contribution < -0.4 is 0 Å². The Bertz CT molecular complexity index is 975. The monoisotopic (exact) mass is 429 g/mol. The molecule has 5 unspecified atom stereocenters. The number of allylic oxidation sites excluding steroid dienone is 1. The van der Waals surface area contributed by atoms with E-state index < -0.39 is 46.4 Å². The molecule has 4 saturated carbocycles. The maximum atomic E-state index is 13.8. The summed E-state index contributed by atoms with van der Waals surface area (Å²) in [5.41, 5.74) is -3.93. The number of amides is 1. The van der Waals surface area contributed by atoms with Crippen molar-refractivity contribution >= 4 is 23.4 Å². The summed E-state index contributed by atoms with van der Waals surface area (Å²) < 4.78 is 10.9. The molecular formula is C23H27NO7. The van der Waals surface area contributed by atoms with E-state index in [2.05, 4.69) is 0 Å². The van der Waals surface area contributed by atoms with E-state index in [0.717, 1.165) is 0 Å². The fourth-order valence-corrected chi connectivity index (χ4v) is 9.16. The number of hydrogen-bond acceptors (Lipinski definition) is 7. The number of Topliss-reactive ketones (excluding diaryl/α,β-unsaturated/α-hetero) is 1.